The summed E-state index contributed by atoms with van der Waals surface area (Å²) in [4.78, 5) is 5.43. The van der Waals surface area contributed by atoms with Crippen LogP contribution in [0.25, 0.3) is 0 Å². The Kier molecular flexibility index (Phi) is 4.28. The molecule has 3 heteroatoms. The van der Waals surface area contributed by atoms with E-state index in [9.17, 15) is 0 Å². The molecule has 0 radical (unpaired) electrons. The van der Waals surface area contributed by atoms with Crippen LogP contribution in [0.5, 0.6) is 0 Å². The van der Waals surface area contributed by atoms with Crippen LogP contribution in [0.15, 0.2) is 24.4 Å². The van der Waals surface area contributed by atoms with E-state index >= 15 is 0 Å². The van der Waals surface area contributed by atoms with Gasteiger partial charge in [0.2, 0.25) is 0 Å². The first-order valence-corrected chi connectivity index (χ1v) is 6.49. The van der Waals surface area contributed by atoms with E-state index in [-0.39, 0.29) is 11.0 Å². The molecule has 1 rings (SSSR count). The quantitative estimate of drug-likeness (QED) is 0.796. The van der Waals surface area contributed by atoms with Gasteiger partial charge < -0.3 is 5.32 Å². The summed E-state index contributed by atoms with van der Waals surface area (Å²) in [5.74, 6) is 0. The molecule has 0 fully saturated rings. The summed E-state index contributed by atoms with van der Waals surface area (Å²) in [7, 11) is 0. The molecule has 1 aromatic rings. The largest absolute Gasteiger partial charge is 0.311 e. The highest BCUT2D eigenvalue weighted by atomic mass is 32.1. The van der Waals surface area contributed by atoms with E-state index in [4.69, 9.17) is 0 Å². The van der Waals surface area contributed by atoms with Gasteiger partial charge >= 0.3 is 0 Å². The average Bonchev–Trinajstić information content (AvgIpc) is 2.66. The topological polar surface area (TPSA) is 24.9 Å². The minimum absolute atomic E-state index is 0.0970. The van der Waals surface area contributed by atoms with Crippen molar-refractivity contribution in [3.05, 3.63) is 29.2 Å². The second-order valence-electron chi connectivity index (χ2n) is 5.61. The van der Waals surface area contributed by atoms with Crippen LogP contribution in [0, 0.1) is 5.41 Å². The smallest absolute Gasteiger partial charge is 0.0794 e. The standard InChI is InChI=1S/C13H22N2S/c1-6-13(5,9-15-12(2,3)4)7-11-8-14-10-16-11/h6,8,10,15H,1,7,9H2,2-5H3. The number of hydrogen-bond donors (Lipinski definition) is 1. The minimum atomic E-state index is 0.0970. The minimum Gasteiger partial charge on any atom is -0.311 e. The molecule has 0 aliphatic rings. The normalized spacial score (nSPS) is 15.8. The van der Waals surface area contributed by atoms with E-state index in [1.165, 1.54) is 4.88 Å². The summed E-state index contributed by atoms with van der Waals surface area (Å²) in [5.41, 5.74) is 2.13. The van der Waals surface area contributed by atoms with Gasteiger partial charge in [-0.3, -0.25) is 4.98 Å². The predicted molar refractivity (Wildman–Crippen MR) is 71.9 cm³/mol. The molecule has 0 amide bonds. The van der Waals surface area contributed by atoms with E-state index in [1.54, 1.807) is 11.3 Å². The van der Waals surface area contributed by atoms with Crippen molar-refractivity contribution in [3.8, 4) is 0 Å². The van der Waals surface area contributed by atoms with Gasteiger partial charge in [-0.15, -0.1) is 17.9 Å². The van der Waals surface area contributed by atoms with Gasteiger partial charge in [0.05, 0.1) is 5.51 Å². The first-order chi connectivity index (χ1) is 7.35. The third-order valence-electron chi connectivity index (χ3n) is 2.58. The second kappa shape index (κ2) is 5.11. The zero-order valence-corrected chi connectivity index (χ0v) is 11.5. The number of aromatic nitrogens is 1. The molecule has 0 saturated carbocycles. The molecule has 16 heavy (non-hydrogen) atoms. The number of hydrogen-bond acceptors (Lipinski definition) is 3. The van der Waals surface area contributed by atoms with Gasteiger partial charge in [-0.25, -0.2) is 0 Å². The molecule has 0 aliphatic heterocycles. The van der Waals surface area contributed by atoms with Crippen molar-refractivity contribution < 1.29 is 0 Å². The highest BCUT2D eigenvalue weighted by Gasteiger charge is 2.23. The first-order valence-electron chi connectivity index (χ1n) is 5.61. The third kappa shape index (κ3) is 4.45. The molecule has 1 aromatic heterocycles. The highest BCUT2D eigenvalue weighted by Crippen LogP contribution is 2.25. The maximum atomic E-state index is 4.11. The van der Waals surface area contributed by atoms with Gasteiger partial charge in [0.25, 0.3) is 0 Å². The summed E-state index contributed by atoms with van der Waals surface area (Å²) in [6.45, 7) is 13.7. The number of nitrogens with zero attached hydrogens (tertiary/aromatic N) is 1. The van der Waals surface area contributed by atoms with E-state index in [2.05, 4.69) is 44.6 Å². The molecule has 0 spiro atoms. The molecule has 1 atom stereocenters. The monoisotopic (exact) mass is 238 g/mol. The van der Waals surface area contributed by atoms with Crippen molar-refractivity contribution >= 4 is 11.3 Å². The fraction of sp³-hybridized carbons (Fsp3) is 0.615. The van der Waals surface area contributed by atoms with Gasteiger partial charge in [0.15, 0.2) is 0 Å². The molecule has 0 aliphatic carbocycles. The van der Waals surface area contributed by atoms with Crippen molar-refractivity contribution in [1.29, 1.82) is 0 Å². The number of thiazole rings is 1. The molecule has 2 nitrogen and oxygen atoms in total. The summed E-state index contributed by atoms with van der Waals surface area (Å²) in [6.07, 6.45) is 5.00. The lowest BCUT2D eigenvalue weighted by atomic mass is 9.85. The van der Waals surface area contributed by atoms with Crippen molar-refractivity contribution in [3.63, 3.8) is 0 Å². The van der Waals surface area contributed by atoms with Crippen molar-refractivity contribution in [1.82, 2.24) is 10.3 Å². The molecular formula is C13H22N2S. The van der Waals surface area contributed by atoms with Crippen molar-refractivity contribution in [2.24, 2.45) is 5.41 Å². The van der Waals surface area contributed by atoms with Crippen LogP contribution in [-0.4, -0.2) is 17.1 Å². The Morgan fingerprint density at radius 1 is 1.44 bits per heavy atom. The van der Waals surface area contributed by atoms with Crippen LogP contribution in [0.2, 0.25) is 0 Å². The summed E-state index contributed by atoms with van der Waals surface area (Å²) < 4.78 is 0. The van der Waals surface area contributed by atoms with Crippen molar-refractivity contribution in [2.75, 3.05) is 6.54 Å². The Morgan fingerprint density at radius 2 is 2.12 bits per heavy atom. The molecule has 0 saturated heterocycles. The second-order valence-corrected chi connectivity index (χ2v) is 6.58. The van der Waals surface area contributed by atoms with Gasteiger partial charge in [0.1, 0.15) is 0 Å². The van der Waals surface area contributed by atoms with Gasteiger partial charge in [-0.2, -0.15) is 0 Å². The fourth-order valence-electron chi connectivity index (χ4n) is 1.40. The van der Waals surface area contributed by atoms with Gasteiger partial charge in [-0.05, 0) is 27.2 Å². The van der Waals surface area contributed by atoms with E-state index in [0.29, 0.717) is 0 Å². The number of rotatable bonds is 5. The lowest BCUT2D eigenvalue weighted by Gasteiger charge is -2.30. The van der Waals surface area contributed by atoms with E-state index < -0.39 is 0 Å². The summed E-state index contributed by atoms with van der Waals surface area (Å²) >= 11 is 1.71. The van der Waals surface area contributed by atoms with Crippen LogP contribution in [0.4, 0.5) is 0 Å². The molecule has 1 heterocycles. The Balaban J connectivity index is 2.60. The first kappa shape index (κ1) is 13.4. The Bertz CT molecular complexity index is 324. The summed E-state index contributed by atoms with van der Waals surface area (Å²) in [5, 5.41) is 3.54. The Morgan fingerprint density at radius 3 is 2.56 bits per heavy atom. The zero-order valence-electron chi connectivity index (χ0n) is 10.7. The van der Waals surface area contributed by atoms with Gasteiger partial charge in [-0.1, -0.05) is 13.0 Å². The Hall–Kier alpha value is -0.670. The Labute approximate surface area is 103 Å². The lowest BCUT2D eigenvalue weighted by molar-refractivity contribution is 0.324. The molecule has 1 unspecified atom stereocenters. The van der Waals surface area contributed by atoms with Crippen LogP contribution >= 0.6 is 11.3 Å². The van der Waals surface area contributed by atoms with Gasteiger partial charge in [0, 0.05) is 28.6 Å². The average molecular weight is 238 g/mol. The third-order valence-corrected chi connectivity index (χ3v) is 3.36. The molecular weight excluding hydrogens is 216 g/mol. The molecule has 0 bridgehead atoms. The molecule has 0 aromatic carbocycles. The van der Waals surface area contributed by atoms with Crippen LogP contribution in [-0.2, 0) is 6.42 Å². The van der Waals surface area contributed by atoms with E-state index in [1.807, 2.05) is 17.8 Å². The fourth-order valence-corrected chi connectivity index (χ4v) is 2.19. The lowest BCUT2D eigenvalue weighted by Crippen LogP contribution is -2.42. The maximum Gasteiger partial charge on any atom is 0.0794 e. The molecule has 90 valence electrons. The predicted octanol–water partition coefficient (Wildman–Crippen LogP) is 3.27. The van der Waals surface area contributed by atoms with Crippen LogP contribution in [0.1, 0.15) is 32.6 Å². The zero-order chi connectivity index (χ0) is 12.2. The SMILES string of the molecule is C=CC(C)(CNC(C)(C)C)Cc1cncs1. The van der Waals surface area contributed by atoms with Crippen LogP contribution < -0.4 is 5.32 Å². The van der Waals surface area contributed by atoms with Crippen LogP contribution in [0.3, 0.4) is 0 Å². The molecule has 1 N–H and O–H groups in total. The van der Waals surface area contributed by atoms with Crippen molar-refractivity contribution in [2.45, 2.75) is 39.7 Å². The maximum absolute atomic E-state index is 4.11. The van der Waals surface area contributed by atoms with E-state index in [0.717, 1.165) is 13.0 Å². The summed E-state index contributed by atoms with van der Waals surface area (Å²) in [6, 6.07) is 0. The highest BCUT2D eigenvalue weighted by molar-refractivity contribution is 7.09. The number of nitrogens with one attached hydrogen (secondary N) is 1.